The molecule has 0 amide bonds. The number of anilines is 1. The quantitative estimate of drug-likeness (QED) is 0.881. The van der Waals surface area contributed by atoms with Crippen molar-refractivity contribution < 1.29 is 19.0 Å². The Morgan fingerprint density at radius 2 is 1.91 bits per heavy atom. The van der Waals surface area contributed by atoms with Gasteiger partial charge in [0.25, 0.3) is 6.47 Å². The van der Waals surface area contributed by atoms with Crippen molar-refractivity contribution in [3.63, 3.8) is 0 Å². The number of carbonyl (C=O) groups is 1. The average Bonchev–Trinajstić information content (AvgIpc) is 2.57. The lowest BCUT2D eigenvalue weighted by Crippen LogP contribution is -2.39. The zero-order chi connectivity index (χ0) is 16.2. The maximum Gasteiger partial charge on any atom is 0.298 e. The topological polar surface area (TPSA) is 49.8 Å². The standard InChI is InChI=1S/C18H18FNO3/c19-14-7-5-13(6-8-14)17-11-15(22)9-10-20(17)16-3-1-2-4-18(16)23-12-21/h1-8,12,15,17,22H,9-11H2. The number of hydrogen-bond donors (Lipinski definition) is 1. The van der Waals surface area contributed by atoms with E-state index in [1.54, 1.807) is 24.3 Å². The van der Waals surface area contributed by atoms with Gasteiger partial charge in [0.1, 0.15) is 5.82 Å². The molecule has 1 aliphatic heterocycles. The molecule has 2 unspecified atom stereocenters. The van der Waals surface area contributed by atoms with Gasteiger partial charge < -0.3 is 14.7 Å². The number of hydrogen-bond acceptors (Lipinski definition) is 4. The second kappa shape index (κ2) is 6.79. The van der Waals surface area contributed by atoms with E-state index in [2.05, 4.69) is 4.90 Å². The molecule has 2 atom stereocenters. The monoisotopic (exact) mass is 315 g/mol. The predicted octanol–water partition coefficient (Wildman–Crippen LogP) is 3.06. The second-order valence-corrected chi connectivity index (χ2v) is 5.62. The number of piperidine rings is 1. The van der Waals surface area contributed by atoms with Crippen LogP contribution in [0.15, 0.2) is 48.5 Å². The highest BCUT2D eigenvalue weighted by Crippen LogP contribution is 2.39. The Morgan fingerprint density at radius 1 is 1.17 bits per heavy atom. The minimum Gasteiger partial charge on any atom is -0.427 e. The van der Waals surface area contributed by atoms with Crippen molar-refractivity contribution in [2.45, 2.75) is 25.0 Å². The molecule has 2 aromatic rings. The van der Waals surface area contributed by atoms with E-state index in [9.17, 15) is 14.3 Å². The van der Waals surface area contributed by atoms with Crippen molar-refractivity contribution in [2.24, 2.45) is 0 Å². The first-order valence-electron chi connectivity index (χ1n) is 7.58. The van der Waals surface area contributed by atoms with Crippen molar-refractivity contribution in [1.82, 2.24) is 0 Å². The van der Waals surface area contributed by atoms with Crippen molar-refractivity contribution in [3.05, 3.63) is 59.9 Å². The summed E-state index contributed by atoms with van der Waals surface area (Å²) in [5.74, 6) is 0.187. The third-order valence-corrected chi connectivity index (χ3v) is 4.18. The molecule has 2 aromatic carbocycles. The number of halogens is 1. The molecule has 0 spiro atoms. The van der Waals surface area contributed by atoms with Gasteiger partial charge in [-0.1, -0.05) is 24.3 Å². The molecule has 0 aromatic heterocycles. The molecule has 5 heteroatoms. The van der Waals surface area contributed by atoms with Gasteiger partial charge in [-0.25, -0.2) is 4.39 Å². The predicted molar refractivity (Wildman–Crippen MR) is 84.9 cm³/mol. The van der Waals surface area contributed by atoms with E-state index in [1.807, 2.05) is 12.1 Å². The second-order valence-electron chi connectivity index (χ2n) is 5.62. The van der Waals surface area contributed by atoms with Gasteiger partial charge in [0, 0.05) is 6.54 Å². The number of aliphatic hydroxyl groups is 1. The fourth-order valence-electron chi connectivity index (χ4n) is 3.08. The van der Waals surface area contributed by atoms with E-state index in [0.717, 1.165) is 11.3 Å². The number of ether oxygens (including phenoxy) is 1. The summed E-state index contributed by atoms with van der Waals surface area (Å²) in [7, 11) is 0. The van der Waals surface area contributed by atoms with Gasteiger partial charge in [0.15, 0.2) is 5.75 Å². The van der Waals surface area contributed by atoms with Crippen molar-refractivity contribution in [1.29, 1.82) is 0 Å². The van der Waals surface area contributed by atoms with Crippen LogP contribution in [-0.2, 0) is 4.79 Å². The van der Waals surface area contributed by atoms with Crippen molar-refractivity contribution in [3.8, 4) is 5.75 Å². The van der Waals surface area contributed by atoms with Crippen LogP contribution in [0, 0.1) is 5.82 Å². The zero-order valence-electron chi connectivity index (χ0n) is 12.6. The van der Waals surface area contributed by atoms with Crippen LogP contribution in [0.1, 0.15) is 24.4 Å². The minimum absolute atomic E-state index is 0.101. The number of rotatable bonds is 4. The summed E-state index contributed by atoms with van der Waals surface area (Å²) in [4.78, 5) is 12.8. The molecule has 0 radical (unpaired) electrons. The average molecular weight is 315 g/mol. The largest absolute Gasteiger partial charge is 0.427 e. The summed E-state index contributed by atoms with van der Waals surface area (Å²) < 4.78 is 18.3. The highest BCUT2D eigenvalue weighted by molar-refractivity contribution is 5.63. The third kappa shape index (κ3) is 3.35. The molecular weight excluding hydrogens is 297 g/mol. The van der Waals surface area contributed by atoms with Gasteiger partial charge in [-0.15, -0.1) is 0 Å². The number of benzene rings is 2. The van der Waals surface area contributed by atoms with E-state index in [4.69, 9.17) is 4.74 Å². The fraction of sp³-hybridized carbons (Fsp3) is 0.278. The Kier molecular flexibility index (Phi) is 4.57. The van der Waals surface area contributed by atoms with Crippen LogP contribution in [-0.4, -0.2) is 24.2 Å². The third-order valence-electron chi connectivity index (χ3n) is 4.18. The SMILES string of the molecule is O=COc1ccccc1N1CCC(O)CC1c1ccc(F)cc1. The number of nitrogens with zero attached hydrogens (tertiary/aromatic N) is 1. The molecule has 3 rings (SSSR count). The summed E-state index contributed by atoms with van der Waals surface area (Å²) in [6, 6.07) is 13.5. The summed E-state index contributed by atoms with van der Waals surface area (Å²) >= 11 is 0. The minimum atomic E-state index is -0.402. The van der Waals surface area contributed by atoms with Crippen LogP contribution in [0.3, 0.4) is 0 Å². The zero-order valence-corrected chi connectivity index (χ0v) is 12.6. The lowest BCUT2D eigenvalue weighted by atomic mass is 9.92. The first kappa shape index (κ1) is 15.5. The first-order valence-corrected chi connectivity index (χ1v) is 7.58. The summed E-state index contributed by atoms with van der Waals surface area (Å²) in [5, 5.41) is 10.0. The van der Waals surface area contributed by atoms with Gasteiger partial charge in [-0.05, 0) is 42.7 Å². The van der Waals surface area contributed by atoms with Crippen molar-refractivity contribution >= 4 is 12.2 Å². The van der Waals surface area contributed by atoms with Gasteiger partial charge in [-0.3, -0.25) is 4.79 Å². The molecule has 1 saturated heterocycles. The van der Waals surface area contributed by atoms with E-state index >= 15 is 0 Å². The molecule has 4 nitrogen and oxygen atoms in total. The number of para-hydroxylation sites is 2. The van der Waals surface area contributed by atoms with E-state index in [0.29, 0.717) is 31.6 Å². The van der Waals surface area contributed by atoms with Crippen LogP contribution in [0.2, 0.25) is 0 Å². The van der Waals surface area contributed by atoms with Crippen LogP contribution in [0.25, 0.3) is 0 Å². The van der Waals surface area contributed by atoms with E-state index in [1.165, 1.54) is 12.1 Å². The molecule has 0 bridgehead atoms. The maximum absolute atomic E-state index is 13.2. The lowest BCUT2D eigenvalue weighted by molar-refractivity contribution is -0.120. The summed E-state index contributed by atoms with van der Waals surface area (Å²) in [6.45, 7) is 1.03. The lowest BCUT2D eigenvalue weighted by Gasteiger charge is -2.40. The molecule has 1 heterocycles. The fourth-order valence-corrected chi connectivity index (χ4v) is 3.08. The van der Waals surface area contributed by atoms with Crippen LogP contribution >= 0.6 is 0 Å². The molecule has 1 fully saturated rings. The van der Waals surface area contributed by atoms with Gasteiger partial charge in [0.05, 0.1) is 17.8 Å². The molecule has 23 heavy (non-hydrogen) atoms. The van der Waals surface area contributed by atoms with Crippen LogP contribution in [0.4, 0.5) is 10.1 Å². The molecular formula is C18H18FNO3. The molecule has 0 saturated carbocycles. The molecule has 120 valence electrons. The van der Waals surface area contributed by atoms with Crippen molar-refractivity contribution in [2.75, 3.05) is 11.4 Å². The first-order chi connectivity index (χ1) is 11.2. The molecule has 1 aliphatic rings. The Morgan fingerprint density at radius 3 is 2.65 bits per heavy atom. The van der Waals surface area contributed by atoms with Crippen LogP contribution in [0.5, 0.6) is 5.75 Å². The smallest absolute Gasteiger partial charge is 0.298 e. The summed E-state index contributed by atoms with van der Waals surface area (Å²) in [5.41, 5.74) is 1.71. The number of carbonyl (C=O) groups excluding carboxylic acids is 1. The summed E-state index contributed by atoms with van der Waals surface area (Å²) in [6.07, 6.45) is 0.772. The van der Waals surface area contributed by atoms with Gasteiger partial charge >= 0.3 is 0 Å². The Bertz CT molecular complexity index is 674. The van der Waals surface area contributed by atoms with E-state index < -0.39 is 6.10 Å². The molecule has 1 N–H and O–H groups in total. The van der Waals surface area contributed by atoms with Crippen LogP contribution < -0.4 is 9.64 Å². The Hall–Kier alpha value is -2.40. The van der Waals surface area contributed by atoms with E-state index in [-0.39, 0.29) is 11.9 Å². The highest BCUT2D eigenvalue weighted by atomic mass is 19.1. The number of aliphatic hydroxyl groups excluding tert-OH is 1. The van der Waals surface area contributed by atoms with Gasteiger partial charge in [0.2, 0.25) is 0 Å². The Balaban J connectivity index is 1.98. The normalized spacial score (nSPS) is 21.0. The highest BCUT2D eigenvalue weighted by Gasteiger charge is 2.30. The Labute approximate surface area is 134 Å². The van der Waals surface area contributed by atoms with Gasteiger partial charge in [-0.2, -0.15) is 0 Å². The maximum atomic E-state index is 13.2. The molecule has 0 aliphatic carbocycles.